The Hall–Kier alpha value is -1.84. The third kappa shape index (κ3) is 2.46. The summed E-state index contributed by atoms with van der Waals surface area (Å²) in [5, 5.41) is 0. The number of oxazole rings is 1. The van der Waals surface area contributed by atoms with Crippen LogP contribution < -0.4 is 0 Å². The lowest BCUT2D eigenvalue weighted by Crippen LogP contribution is -2.00. The second-order valence-corrected chi connectivity index (χ2v) is 3.89. The van der Waals surface area contributed by atoms with E-state index >= 15 is 0 Å². The molecule has 90 valence electrons. The largest absolute Gasteiger partial charge is 0.465 e. The van der Waals surface area contributed by atoms with Gasteiger partial charge in [0.1, 0.15) is 5.52 Å². The molecule has 4 heteroatoms. The first-order valence-electron chi connectivity index (χ1n) is 5.72. The van der Waals surface area contributed by atoms with Crippen LogP contribution in [-0.2, 0) is 11.2 Å². The van der Waals surface area contributed by atoms with E-state index in [-0.39, 0.29) is 5.97 Å². The van der Waals surface area contributed by atoms with Crippen LogP contribution in [0.2, 0.25) is 0 Å². The summed E-state index contributed by atoms with van der Waals surface area (Å²) in [6, 6.07) is 5.14. The number of esters is 1. The van der Waals surface area contributed by atoms with Gasteiger partial charge >= 0.3 is 5.97 Å². The van der Waals surface area contributed by atoms with Gasteiger partial charge in [-0.2, -0.15) is 0 Å². The highest BCUT2D eigenvalue weighted by atomic mass is 16.5. The van der Waals surface area contributed by atoms with Crippen molar-refractivity contribution in [2.45, 2.75) is 26.2 Å². The molecule has 4 nitrogen and oxygen atoms in total. The SMILES string of the molecule is CCCCc1nc2ccc(C(=O)OC)cc2o1. The number of fused-ring (bicyclic) bond motifs is 1. The number of carbonyl (C=O) groups excluding carboxylic acids is 1. The van der Waals surface area contributed by atoms with E-state index in [1.807, 2.05) is 0 Å². The van der Waals surface area contributed by atoms with Crippen LogP contribution in [0.3, 0.4) is 0 Å². The summed E-state index contributed by atoms with van der Waals surface area (Å²) in [6.07, 6.45) is 2.99. The Balaban J connectivity index is 2.31. The van der Waals surface area contributed by atoms with Crippen molar-refractivity contribution in [1.29, 1.82) is 0 Å². The van der Waals surface area contributed by atoms with Gasteiger partial charge in [0.2, 0.25) is 0 Å². The summed E-state index contributed by atoms with van der Waals surface area (Å²) >= 11 is 0. The Kier molecular flexibility index (Phi) is 3.42. The normalized spacial score (nSPS) is 10.7. The first-order chi connectivity index (χ1) is 8.24. The number of benzene rings is 1. The van der Waals surface area contributed by atoms with E-state index in [0.29, 0.717) is 11.1 Å². The van der Waals surface area contributed by atoms with E-state index in [4.69, 9.17) is 4.42 Å². The fourth-order valence-corrected chi connectivity index (χ4v) is 1.65. The fourth-order valence-electron chi connectivity index (χ4n) is 1.65. The van der Waals surface area contributed by atoms with E-state index in [1.165, 1.54) is 7.11 Å². The van der Waals surface area contributed by atoms with Crippen molar-refractivity contribution in [3.05, 3.63) is 29.7 Å². The van der Waals surface area contributed by atoms with E-state index in [2.05, 4.69) is 16.6 Å². The number of ether oxygens (including phenoxy) is 1. The summed E-state index contributed by atoms with van der Waals surface area (Å²) in [6.45, 7) is 2.12. The molecular weight excluding hydrogens is 218 g/mol. The first-order valence-corrected chi connectivity index (χ1v) is 5.72. The maximum Gasteiger partial charge on any atom is 0.337 e. The fraction of sp³-hybridized carbons (Fsp3) is 0.385. The smallest absolute Gasteiger partial charge is 0.337 e. The van der Waals surface area contributed by atoms with Crippen molar-refractivity contribution >= 4 is 17.1 Å². The quantitative estimate of drug-likeness (QED) is 0.762. The minimum absolute atomic E-state index is 0.363. The summed E-state index contributed by atoms with van der Waals surface area (Å²) in [7, 11) is 1.36. The molecule has 0 fully saturated rings. The Bertz CT molecular complexity index is 530. The maximum atomic E-state index is 11.4. The third-order valence-electron chi connectivity index (χ3n) is 2.60. The second-order valence-electron chi connectivity index (χ2n) is 3.89. The second kappa shape index (κ2) is 4.99. The number of hydrogen-bond donors (Lipinski definition) is 0. The molecule has 0 atom stereocenters. The van der Waals surface area contributed by atoms with Crippen LogP contribution in [0.4, 0.5) is 0 Å². The van der Waals surface area contributed by atoms with Crippen molar-refractivity contribution in [2.24, 2.45) is 0 Å². The van der Waals surface area contributed by atoms with Crippen molar-refractivity contribution in [2.75, 3.05) is 7.11 Å². The number of hydrogen-bond acceptors (Lipinski definition) is 4. The molecular formula is C13H15NO3. The van der Waals surface area contributed by atoms with Crippen molar-refractivity contribution < 1.29 is 13.9 Å². The lowest BCUT2D eigenvalue weighted by Gasteiger charge is -1.96. The minimum atomic E-state index is -0.363. The Morgan fingerprint density at radius 2 is 2.29 bits per heavy atom. The van der Waals surface area contributed by atoms with E-state index in [9.17, 15) is 4.79 Å². The minimum Gasteiger partial charge on any atom is -0.465 e. The van der Waals surface area contributed by atoms with Crippen LogP contribution in [0.25, 0.3) is 11.1 Å². The zero-order valence-corrected chi connectivity index (χ0v) is 10.0. The van der Waals surface area contributed by atoms with Gasteiger partial charge in [0.25, 0.3) is 0 Å². The number of rotatable bonds is 4. The van der Waals surface area contributed by atoms with Gasteiger partial charge in [-0.1, -0.05) is 13.3 Å². The summed E-state index contributed by atoms with van der Waals surface area (Å²) in [5.74, 6) is 0.363. The molecule has 0 aliphatic carbocycles. The van der Waals surface area contributed by atoms with Gasteiger partial charge in [-0.3, -0.25) is 0 Å². The molecule has 0 saturated carbocycles. The van der Waals surface area contributed by atoms with Gasteiger partial charge in [-0.15, -0.1) is 0 Å². The maximum absolute atomic E-state index is 11.4. The molecule has 0 aliphatic rings. The number of aromatic nitrogens is 1. The highest BCUT2D eigenvalue weighted by molar-refractivity contribution is 5.93. The summed E-state index contributed by atoms with van der Waals surface area (Å²) in [4.78, 5) is 15.7. The molecule has 1 aromatic carbocycles. The molecule has 2 rings (SSSR count). The van der Waals surface area contributed by atoms with E-state index in [1.54, 1.807) is 18.2 Å². The first kappa shape index (κ1) is 11.6. The number of unbranched alkanes of at least 4 members (excludes halogenated alkanes) is 1. The highest BCUT2D eigenvalue weighted by Crippen LogP contribution is 2.18. The van der Waals surface area contributed by atoms with Crippen LogP contribution in [0.15, 0.2) is 22.6 Å². The molecule has 2 aromatic rings. The number of carbonyl (C=O) groups is 1. The molecule has 1 aromatic heterocycles. The lowest BCUT2D eigenvalue weighted by molar-refractivity contribution is 0.0601. The van der Waals surface area contributed by atoms with Gasteiger partial charge < -0.3 is 9.15 Å². The molecule has 0 bridgehead atoms. The van der Waals surface area contributed by atoms with Crippen LogP contribution in [-0.4, -0.2) is 18.1 Å². The predicted octanol–water partition coefficient (Wildman–Crippen LogP) is 2.96. The van der Waals surface area contributed by atoms with Crippen LogP contribution in [0, 0.1) is 0 Å². The average Bonchev–Trinajstić information content (AvgIpc) is 2.76. The van der Waals surface area contributed by atoms with Crippen molar-refractivity contribution in [3.63, 3.8) is 0 Å². The molecule has 0 N–H and O–H groups in total. The standard InChI is InChI=1S/C13H15NO3/c1-3-4-5-12-14-10-7-6-9(13(15)16-2)8-11(10)17-12/h6-8H,3-5H2,1-2H3. The van der Waals surface area contributed by atoms with Crippen LogP contribution in [0.1, 0.15) is 36.0 Å². The zero-order valence-electron chi connectivity index (χ0n) is 10.0. The molecule has 0 amide bonds. The molecule has 1 heterocycles. The van der Waals surface area contributed by atoms with Crippen molar-refractivity contribution in [1.82, 2.24) is 4.98 Å². The predicted molar refractivity (Wildman–Crippen MR) is 64.0 cm³/mol. The molecule has 0 saturated heterocycles. The molecule has 17 heavy (non-hydrogen) atoms. The van der Waals surface area contributed by atoms with E-state index < -0.39 is 0 Å². The molecule has 0 spiro atoms. The Labute approximate surface area is 99.6 Å². The average molecular weight is 233 g/mol. The number of methoxy groups -OCH3 is 1. The van der Waals surface area contributed by atoms with Gasteiger partial charge in [-0.05, 0) is 24.6 Å². The van der Waals surface area contributed by atoms with Gasteiger partial charge in [0.05, 0.1) is 12.7 Å². The molecule has 0 unspecified atom stereocenters. The highest BCUT2D eigenvalue weighted by Gasteiger charge is 2.10. The lowest BCUT2D eigenvalue weighted by atomic mass is 10.2. The van der Waals surface area contributed by atoms with Gasteiger partial charge in [0, 0.05) is 6.42 Å². The van der Waals surface area contributed by atoms with Crippen molar-refractivity contribution in [3.8, 4) is 0 Å². The van der Waals surface area contributed by atoms with Crippen LogP contribution >= 0.6 is 0 Å². The number of nitrogens with zero attached hydrogens (tertiary/aromatic N) is 1. The van der Waals surface area contributed by atoms with Crippen LogP contribution in [0.5, 0.6) is 0 Å². The Morgan fingerprint density at radius 1 is 1.47 bits per heavy atom. The monoisotopic (exact) mass is 233 g/mol. The van der Waals surface area contributed by atoms with Gasteiger partial charge in [0.15, 0.2) is 11.5 Å². The third-order valence-corrected chi connectivity index (χ3v) is 2.60. The number of aryl methyl sites for hydroxylation is 1. The molecule has 0 radical (unpaired) electrons. The molecule has 0 aliphatic heterocycles. The summed E-state index contributed by atoms with van der Waals surface area (Å²) < 4.78 is 10.2. The zero-order chi connectivity index (χ0) is 12.3. The summed E-state index contributed by atoms with van der Waals surface area (Å²) in [5.41, 5.74) is 1.90. The van der Waals surface area contributed by atoms with E-state index in [0.717, 1.165) is 30.7 Å². The topological polar surface area (TPSA) is 52.3 Å². The van der Waals surface area contributed by atoms with Gasteiger partial charge in [-0.25, -0.2) is 9.78 Å². The Morgan fingerprint density at radius 3 is 3.00 bits per heavy atom.